The van der Waals surface area contributed by atoms with E-state index in [4.69, 9.17) is 9.57 Å². The zero-order valence-electron chi connectivity index (χ0n) is 23.8. The zero-order chi connectivity index (χ0) is 27.3. The van der Waals surface area contributed by atoms with Crippen LogP contribution in [0.3, 0.4) is 0 Å². The molecule has 3 rings (SSSR count). The summed E-state index contributed by atoms with van der Waals surface area (Å²) in [7, 11) is 0. The Balaban J connectivity index is 1.72. The van der Waals surface area contributed by atoms with E-state index in [1.807, 2.05) is 60.7 Å². The molecule has 2 aromatic carbocycles. The zero-order valence-corrected chi connectivity index (χ0v) is 23.8. The third-order valence-corrected chi connectivity index (χ3v) is 7.82. The fraction of sp³-hybridized carbons (Fsp3) is 0.576. The molecule has 208 valence electrons. The van der Waals surface area contributed by atoms with Crippen LogP contribution in [0.4, 0.5) is 0 Å². The molecule has 4 atom stereocenters. The number of hydroxylamine groups is 2. The normalized spacial score (nSPS) is 20.2. The standard InChI is InChI=1S/C33H47NO4/c1-5-6-9-18-29(33(36)38-31-21-26(4)19-20-30(31)25(2)3)22-32(35)34(23-27-14-10-7-11-15-27)37-24-28-16-12-8-13-17-28/h7-8,10-17,25-26,29-31H,5-6,9,18-24H2,1-4H3/t26-,29-,30+,31-/m1/s1. The number of carbonyl (C=O) groups is 2. The van der Waals surface area contributed by atoms with E-state index < -0.39 is 5.92 Å². The lowest BCUT2D eigenvalue weighted by molar-refractivity contribution is -0.198. The van der Waals surface area contributed by atoms with Gasteiger partial charge in [-0.25, -0.2) is 5.06 Å². The summed E-state index contributed by atoms with van der Waals surface area (Å²) in [5.41, 5.74) is 1.97. The number of nitrogens with zero attached hydrogens (tertiary/aromatic N) is 1. The second-order valence-electron chi connectivity index (χ2n) is 11.4. The maximum absolute atomic E-state index is 13.6. The number of unbranched alkanes of at least 4 members (excludes halogenated alkanes) is 2. The third kappa shape index (κ3) is 9.58. The van der Waals surface area contributed by atoms with Crippen molar-refractivity contribution >= 4 is 11.9 Å². The van der Waals surface area contributed by atoms with Gasteiger partial charge >= 0.3 is 5.97 Å². The molecule has 0 bridgehead atoms. The highest BCUT2D eigenvalue weighted by Gasteiger charge is 2.36. The number of carbonyl (C=O) groups excluding carboxylic acids is 2. The van der Waals surface area contributed by atoms with E-state index in [1.165, 1.54) is 11.5 Å². The molecule has 0 aromatic heterocycles. The van der Waals surface area contributed by atoms with Crippen molar-refractivity contribution in [3.05, 3.63) is 71.8 Å². The first-order valence-electron chi connectivity index (χ1n) is 14.6. The first kappa shape index (κ1) is 29.9. The van der Waals surface area contributed by atoms with Gasteiger partial charge in [-0.05, 0) is 48.1 Å². The predicted molar refractivity (Wildman–Crippen MR) is 152 cm³/mol. The molecule has 1 fully saturated rings. The molecule has 5 nitrogen and oxygen atoms in total. The molecular formula is C33H47NO4. The quantitative estimate of drug-likeness (QED) is 0.145. The summed E-state index contributed by atoms with van der Waals surface area (Å²) in [5, 5.41) is 1.43. The minimum atomic E-state index is -0.460. The van der Waals surface area contributed by atoms with Crippen LogP contribution in [-0.2, 0) is 32.3 Å². The SMILES string of the molecule is CCCCC[C@H](CC(=O)N(Cc1ccccc1)OCc1ccccc1)C(=O)O[C@@H]1C[C@H](C)CC[C@H]1C(C)C. The number of amides is 1. The van der Waals surface area contributed by atoms with Gasteiger partial charge in [0.25, 0.3) is 0 Å². The van der Waals surface area contributed by atoms with E-state index in [1.54, 1.807) is 0 Å². The lowest BCUT2D eigenvalue weighted by Crippen LogP contribution is -2.39. The van der Waals surface area contributed by atoms with Crippen LogP contribution < -0.4 is 0 Å². The lowest BCUT2D eigenvalue weighted by Gasteiger charge is -2.37. The molecule has 1 amide bonds. The van der Waals surface area contributed by atoms with Crippen LogP contribution in [0.15, 0.2) is 60.7 Å². The fourth-order valence-corrected chi connectivity index (χ4v) is 5.43. The molecule has 0 N–H and O–H groups in total. The maximum Gasteiger partial charge on any atom is 0.309 e. The van der Waals surface area contributed by atoms with Crippen LogP contribution in [0.2, 0.25) is 0 Å². The lowest BCUT2D eigenvalue weighted by atomic mass is 9.75. The molecule has 0 saturated heterocycles. The Labute approximate surface area is 229 Å². The molecule has 38 heavy (non-hydrogen) atoms. The Morgan fingerprint density at radius 3 is 2.24 bits per heavy atom. The van der Waals surface area contributed by atoms with Crippen LogP contribution in [-0.4, -0.2) is 23.0 Å². The average Bonchev–Trinajstić information content (AvgIpc) is 2.91. The van der Waals surface area contributed by atoms with E-state index in [-0.39, 0.29) is 24.4 Å². The topological polar surface area (TPSA) is 55.8 Å². The van der Waals surface area contributed by atoms with E-state index in [9.17, 15) is 9.59 Å². The maximum atomic E-state index is 13.6. The Hall–Kier alpha value is -2.66. The molecule has 1 saturated carbocycles. The minimum Gasteiger partial charge on any atom is -0.462 e. The van der Waals surface area contributed by atoms with Crippen LogP contribution in [0.25, 0.3) is 0 Å². The van der Waals surface area contributed by atoms with Crippen LogP contribution in [0.1, 0.15) is 90.2 Å². The number of hydrogen-bond acceptors (Lipinski definition) is 4. The minimum absolute atomic E-state index is 0.0650. The molecule has 1 aliphatic rings. The van der Waals surface area contributed by atoms with Gasteiger partial charge in [0.2, 0.25) is 5.91 Å². The highest BCUT2D eigenvalue weighted by molar-refractivity contribution is 5.82. The summed E-state index contributed by atoms with van der Waals surface area (Å²) < 4.78 is 6.21. The van der Waals surface area contributed by atoms with Crippen molar-refractivity contribution in [2.45, 2.75) is 98.3 Å². The van der Waals surface area contributed by atoms with Gasteiger partial charge < -0.3 is 4.74 Å². The van der Waals surface area contributed by atoms with E-state index >= 15 is 0 Å². The van der Waals surface area contributed by atoms with E-state index in [0.29, 0.717) is 37.3 Å². The fourth-order valence-electron chi connectivity index (χ4n) is 5.43. The molecule has 0 spiro atoms. The first-order valence-corrected chi connectivity index (χ1v) is 14.6. The number of benzene rings is 2. The molecule has 5 heteroatoms. The van der Waals surface area contributed by atoms with E-state index in [0.717, 1.165) is 43.2 Å². The number of ether oxygens (including phenoxy) is 1. The number of hydrogen-bond donors (Lipinski definition) is 0. The molecule has 0 aliphatic heterocycles. The van der Waals surface area contributed by atoms with Crippen LogP contribution in [0, 0.1) is 23.7 Å². The van der Waals surface area contributed by atoms with Gasteiger partial charge in [0.15, 0.2) is 0 Å². The summed E-state index contributed by atoms with van der Waals surface area (Å²) in [6, 6.07) is 19.7. The Kier molecular flexibility index (Phi) is 12.3. The number of rotatable bonds is 14. The van der Waals surface area contributed by atoms with Gasteiger partial charge in [-0.15, -0.1) is 0 Å². The summed E-state index contributed by atoms with van der Waals surface area (Å²) in [5.74, 6) is 0.537. The molecule has 1 aliphatic carbocycles. The monoisotopic (exact) mass is 521 g/mol. The van der Waals surface area contributed by atoms with E-state index in [2.05, 4.69) is 27.7 Å². The Morgan fingerprint density at radius 2 is 1.61 bits per heavy atom. The summed E-state index contributed by atoms with van der Waals surface area (Å²) in [6.45, 7) is 9.45. The van der Waals surface area contributed by atoms with Gasteiger partial charge in [0, 0.05) is 6.42 Å². The second kappa shape index (κ2) is 15.7. The van der Waals surface area contributed by atoms with Crippen molar-refractivity contribution < 1.29 is 19.2 Å². The smallest absolute Gasteiger partial charge is 0.309 e. The van der Waals surface area contributed by atoms with Crippen molar-refractivity contribution in [3.63, 3.8) is 0 Å². The third-order valence-electron chi connectivity index (χ3n) is 7.82. The van der Waals surface area contributed by atoms with Crippen molar-refractivity contribution in [1.29, 1.82) is 0 Å². The molecule has 0 unspecified atom stereocenters. The van der Waals surface area contributed by atoms with Crippen molar-refractivity contribution in [3.8, 4) is 0 Å². The summed E-state index contributed by atoms with van der Waals surface area (Å²) in [4.78, 5) is 33.2. The van der Waals surface area contributed by atoms with Gasteiger partial charge in [-0.1, -0.05) is 114 Å². The van der Waals surface area contributed by atoms with Crippen LogP contribution in [0.5, 0.6) is 0 Å². The van der Waals surface area contributed by atoms with Crippen molar-refractivity contribution in [2.75, 3.05) is 0 Å². The van der Waals surface area contributed by atoms with Crippen molar-refractivity contribution in [2.24, 2.45) is 23.7 Å². The van der Waals surface area contributed by atoms with Crippen LogP contribution >= 0.6 is 0 Å². The number of esters is 1. The Morgan fingerprint density at radius 1 is 0.947 bits per heavy atom. The Bertz CT molecular complexity index is 961. The largest absolute Gasteiger partial charge is 0.462 e. The van der Waals surface area contributed by atoms with Gasteiger partial charge in [-0.2, -0.15) is 0 Å². The molecule has 0 radical (unpaired) electrons. The van der Waals surface area contributed by atoms with Gasteiger partial charge in [0.1, 0.15) is 12.7 Å². The van der Waals surface area contributed by atoms with Crippen molar-refractivity contribution in [1.82, 2.24) is 5.06 Å². The predicted octanol–water partition coefficient (Wildman–Crippen LogP) is 7.74. The second-order valence-corrected chi connectivity index (χ2v) is 11.4. The van der Waals surface area contributed by atoms with Gasteiger partial charge in [-0.3, -0.25) is 14.4 Å². The summed E-state index contributed by atoms with van der Waals surface area (Å²) >= 11 is 0. The molecule has 0 heterocycles. The highest BCUT2D eigenvalue weighted by Crippen LogP contribution is 2.36. The summed E-state index contributed by atoms with van der Waals surface area (Å²) in [6.07, 6.45) is 6.87. The first-order chi connectivity index (χ1) is 18.4. The highest BCUT2D eigenvalue weighted by atomic mass is 16.7. The molecule has 2 aromatic rings. The van der Waals surface area contributed by atoms with Gasteiger partial charge in [0.05, 0.1) is 12.5 Å². The molecular weight excluding hydrogens is 474 g/mol. The average molecular weight is 522 g/mol.